The van der Waals surface area contributed by atoms with E-state index in [-0.39, 0.29) is 17.6 Å². The van der Waals surface area contributed by atoms with Gasteiger partial charge in [0.25, 0.3) is 0 Å². The number of thioether (sulfide) groups is 1. The minimum Gasteiger partial charge on any atom is -0.508 e. The molecule has 1 unspecified atom stereocenters. The van der Waals surface area contributed by atoms with Crippen molar-refractivity contribution in [3.63, 3.8) is 0 Å². The van der Waals surface area contributed by atoms with Gasteiger partial charge in [-0.25, -0.2) is 0 Å². The number of carbonyl (C=O) groups is 1. The molecule has 0 bridgehead atoms. The summed E-state index contributed by atoms with van der Waals surface area (Å²) in [6, 6.07) is 5.34. The highest BCUT2D eigenvalue weighted by molar-refractivity contribution is 7.99. The Hall–Kier alpha value is -1.16. The molecule has 1 aromatic rings. The van der Waals surface area contributed by atoms with E-state index >= 15 is 0 Å². The zero-order valence-electron chi connectivity index (χ0n) is 11.6. The highest BCUT2D eigenvalue weighted by Gasteiger charge is 2.32. The van der Waals surface area contributed by atoms with Crippen molar-refractivity contribution >= 4 is 17.7 Å². The highest BCUT2D eigenvalue weighted by atomic mass is 32.2. The molecule has 104 valence electrons. The van der Waals surface area contributed by atoms with Crippen molar-refractivity contribution in [2.75, 3.05) is 18.8 Å². The molecule has 1 aliphatic heterocycles. The number of benzene rings is 1. The van der Waals surface area contributed by atoms with Gasteiger partial charge in [0.15, 0.2) is 0 Å². The molecule has 1 heterocycles. The fourth-order valence-corrected chi connectivity index (χ4v) is 3.70. The SMILES string of the molecule is CCCN(CCC)C(=O)C1CSc2ccc(O)cc21. The Morgan fingerprint density at radius 1 is 1.37 bits per heavy atom. The van der Waals surface area contributed by atoms with Crippen LogP contribution in [0.1, 0.15) is 38.2 Å². The van der Waals surface area contributed by atoms with Crippen LogP contribution in [0.15, 0.2) is 23.1 Å². The van der Waals surface area contributed by atoms with E-state index in [9.17, 15) is 9.90 Å². The summed E-state index contributed by atoms with van der Waals surface area (Å²) < 4.78 is 0. The Labute approximate surface area is 119 Å². The van der Waals surface area contributed by atoms with Gasteiger partial charge in [0.05, 0.1) is 5.92 Å². The van der Waals surface area contributed by atoms with Gasteiger partial charge in [-0.1, -0.05) is 13.8 Å². The first-order valence-corrected chi connectivity index (χ1v) is 7.90. The first kappa shape index (κ1) is 14.3. The van der Waals surface area contributed by atoms with Crippen LogP contribution in [0.25, 0.3) is 0 Å². The van der Waals surface area contributed by atoms with Gasteiger partial charge in [-0.3, -0.25) is 4.79 Å². The Morgan fingerprint density at radius 2 is 2.05 bits per heavy atom. The third-order valence-electron chi connectivity index (χ3n) is 3.37. The standard InChI is InChI=1S/C15H21NO2S/c1-3-7-16(8-4-2)15(18)13-10-19-14-6-5-11(17)9-12(13)14/h5-6,9,13,17H,3-4,7-8,10H2,1-2H3. The molecule has 1 atom stereocenters. The molecular formula is C15H21NO2S. The number of hydrogen-bond donors (Lipinski definition) is 1. The van der Waals surface area contributed by atoms with Crippen LogP contribution in [-0.4, -0.2) is 34.8 Å². The summed E-state index contributed by atoms with van der Waals surface area (Å²) in [5.74, 6) is 1.16. The van der Waals surface area contributed by atoms with Gasteiger partial charge in [-0.15, -0.1) is 11.8 Å². The molecule has 3 nitrogen and oxygen atoms in total. The summed E-state index contributed by atoms with van der Waals surface area (Å²) in [6.07, 6.45) is 1.97. The summed E-state index contributed by atoms with van der Waals surface area (Å²) in [7, 11) is 0. The summed E-state index contributed by atoms with van der Waals surface area (Å²) >= 11 is 1.71. The molecule has 19 heavy (non-hydrogen) atoms. The van der Waals surface area contributed by atoms with E-state index in [1.807, 2.05) is 11.0 Å². The van der Waals surface area contributed by atoms with Gasteiger partial charge >= 0.3 is 0 Å². The van der Waals surface area contributed by atoms with Crippen molar-refractivity contribution in [1.82, 2.24) is 4.90 Å². The molecule has 0 fully saturated rings. The lowest BCUT2D eigenvalue weighted by Crippen LogP contribution is -2.36. The number of aromatic hydroxyl groups is 1. The van der Waals surface area contributed by atoms with Crippen molar-refractivity contribution in [2.24, 2.45) is 0 Å². The zero-order valence-corrected chi connectivity index (χ0v) is 12.4. The Kier molecular flexibility index (Phi) is 4.75. The van der Waals surface area contributed by atoms with Crippen LogP contribution in [0, 0.1) is 0 Å². The Balaban J connectivity index is 2.19. The zero-order chi connectivity index (χ0) is 13.8. The quantitative estimate of drug-likeness (QED) is 0.899. The molecule has 0 spiro atoms. The minimum absolute atomic E-state index is 0.0924. The number of fused-ring (bicyclic) bond motifs is 1. The fourth-order valence-electron chi connectivity index (χ4n) is 2.50. The predicted octanol–water partition coefficient (Wildman–Crippen LogP) is 3.23. The van der Waals surface area contributed by atoms with Crippen LogP contribution >= 0.6 is 11.8 Å². The summed E-state index contributed by atoms with van der Waals surface area (Å²) in [5.41, 5.74) is 0.993. The maximum absolute atomic E-state index is 12.6. The average Bonchev–Trinajstić information content (AvgIpc) is 2.80. The number of amides is 1. The minimum atomic E-state index is -0.0924. The van der Waals surface area contributed by atoms with Crippen molar-refractivity contribution < 1.29 is 9.90 Å². The fraction of sp³-hybridized carbons (Fsp3) is 0.533. The molecule has 0 aromatic heterocycles. The van der Waals surface area contributed by atoms with Gasteiger partial charge in [-0.2, -0.15) is 0 Å². The van der Waals surface area contributed by atoms with Crippen LogP contribution in [0.2, 0.25) is 0 Å². The van der Waals surface area contributed by atoms with Crippen molar-refractivity contribution in [2.45, 2.75) is 37.5 Å². The Morgan fingerprint density at radius 3 is 2.68 bits per heavy atom. The topological polar surface area (TPSA) is 40.5 Å². The van der Waals surface area contributed by atoms with Gasteiger partial charge in [0, 0.05) is 23.7 Å². The van der Waals surface area contributed by atoms with E-state index in [0.717, 1.165) is 42.1 Å². The molecule has 4 heteroatoms. The van der Waals surface area contributed by atoms with E-state index < -0.39 is 0 Å². The number of hydrogen-bond acceptors (Lipinski definition) is 3. The maximum Gasteiger partial charge on any atom is 0.231 e. The van der Waals surface area contributed by atoms with Crippen LogP contribution in [0.5, 0.6) is 5.75 Å². The molecule has 0 radical (unpaired) electrons. The average molecular weight is 279 g/mol. The number of phenolic OH excluding ortho intramolecular Hbond substituents is 1. The number of rotatable bonds is 5. The largest absolute Gasteiger partial charge is 0.508 e. The van der Waals surface area contributed by atoms with Crippen LogP contribution in [0.4, 0.5) is 0 Å². The maximum atomic E-state index is 12.6. The molecule has 0 saturated carbocycles. The highest BCUT2D eigenvalue weighted by Crippen LogP contribution is 2.41. The second-order valence-corrected chi connectivity index (χ2v) is 5.97. The van der Waals surface area contributed by atoms with Crippen molar-refractivity contribution in [3.05, 3.63) is 23.8 Å². The number of nitrogens with zero attached hydrogens (tertiary/aromatic N) is 1. The van der Waals surface area contributed by atoms with Gasteiger partial charge in [0.1, 0.15) is 5.75 Å². The molecule has 0 saturated heterocycles. The molecule has 1 amide bonds. The van der Waals surface area contributed by atoms with Crippen molar-refractivity contribution in [3.8, 4) is 5.75 Å². The lowest BCUT2D eigenvalue weighted by molar-refractivity contribution is -0.132. The second-order valence-electron chi connectivity index (χ2n) is 4.91. The molecule has 2 rings (SSSR count). The van der Waals surface area contributed by atoms with E-state index in [2.05, 4.69) is 13.8 Å². The van der Waals surface area contributed by atoms with Crippen molar-refractivity contribution in [1.29, 1.82) is 0 Å². The molecule has 1 aromatic carbocycles. The molecule has 1 N–H and O–H groups in total. The van der Waals surface area contributed by atoms with Gasteiger partial charge in [0.2, 0.25) is 5.91 Å². The third-order valence-corrected chi connectivity index (χ3v) is 4.55. The molecule has 1 aliphatic rings. The number of carbonyl (C=O) groups excluding carboxylic acids is 1. The summed E-state index contributed by atoms with van der Waals surface area (Å²) in [6.45, 7) is 5.84. The lowest BCUT2D eigenvalue weighted by Gasteiger charge is -2.25. The first-order valence-electron chi connectivity index (χ1n) is 6.91. The second kappa shape index (κ2) is 6.33. The van der Waals surface area contributed by atoms with Gasteiger partial charge in [-0.05, 0) is 36.6 Å². The third kappa shape index (κ3) is 3.06. The van der Waals surface area contributed by atoms with Crippen LogP contribution < -0.4 is 0 Å². The van der Waals surface area contributed by atoms with E-state index in [0.29, 0.717) is 0 Å². The molecule has 0 aliphatic carbocycles. The smallest absolute Gasteiger partial charge is 0.231 e. The molecular weight excluding hydrogens is 258 g/mol. The normalized spacial score (nSPS) is 17.3. The predicted molar refractivity (Wildman–Crippen MR) is 78.7 cm³/mol. The lowest BCUT2D eigenvalue weighted by atomic mass is 9.99. The van der Waals surface area contributed by atoms with E-state index in [4.69, 9.17) is 0 Å². The van der Waals surface area contributed by atoms with Crippen LogP contribution in [-0.2, 0) is 4.79 Å². The first-order chi connectivity index (χ1) is 9.17. The van der Waals surface area contributed by atoms with Gasteiger partial charge < -0.3 is 10.0 Å². The van der Waals surface area contributed by atoms with E-state index in [1.165, 1.54) is 0 Å². The van der Waals surface area contributed by atoms with Crippen LogP contribution in [0.3, 0.4) is 0 Å². The summed E-state index contributed by atoms with van der Waals surface area (Å²) in [5, 5.41) is 9.61. The van der Waals surface area contributed by atoms with E-state index in [1.54, 1.807) is 23.9 Å². The Bertz CT molecular complexity index is 455. The number of phenols is 1. The summed E-state index contributed by atoms with van der Waals surface area (Å²) in [4.78, 5) is 15.7. The monoisotopic (exact) mass is 279 g/mol.